The Hall–Kier alpha value is -1.89. The van der Waals surface area contributed by atoms with E-state index in [-0.39, 0.29) is 17.9 Å². The number of rotatable bonds is 3. The lowest BCUT2D eigenvalue weighted by molar-refractivity contribution is -0.139. The fourth-order valence-corrected chi connectivity index (χ4v) is 1.71. The Balaban J connectivity index is 2.54. The van der Waals surface area contributed by atoms with Gasteiger partial charge in [-0.05, 0) is 19.2 Å². The highest BCUT2D eigenvalue weighted by atomic mass is 19.4. The minimum atomic E-state index is -4.75. The van der Waals surface area contributed by atoms with Crippen LogP contribution in [-0.2, 0) is 12.7 Å². The summed E-state index contributed by atoms with van der Waals surface area (Å²) in [6.07, 6.45) is -3.68. The smallest absolute Gasteiger partial charge is 0.419 e. The first-order chi connectivity index (χ1) is 8.95. The zero-order valence-electron chi connectivity index (χ0n) is 9.88. The normalized spacial score (nSPS) is 11.8. The minimum Gasteiger partial charge on any atom is -0.443 e. The maximum Gasteiger partial charge on any atom is 0.419 e. The quantitative estimate of drug-likeness (QED) is 0.873. The van der Waals surface area contributed by atoms with Crippen LogP contribution in [0.5, 0.6) is 0 Å². The van der Waals surface area contributed by atoms with Gasteiger partial charge in [0, 0.05) is 6.54 Å². The molecule has 1 N–H and O–H groups in total. The van der Waals surface area contributed by atoms with Crippen molar-refractivity contribution in [1.29, 1.82) is 0 Å². The van der Waals surface area contributed by atoms with E-state index in [2.05, 4.69) is 10.3 Å². The van der Waals surface area contributed by atoms with Crippen molar-refractivity contribution in [3.8, 4) is 11.3 Å². The molecule has 0 bridgehead atoms. The second kappa shape index (κ2) is 5.00. The van der Waals surface area contributed by atoms with Gasteiger partial charge in [0.05, 0.1) is 11.1 Å². The van der Waals surface area contributed by atoms with Gasteiger partial charge in [0.1, 0.15) is 11.5 Å². The summed E-state index contributed by atoms with van der Waals surface area (Å²) in [5.74, 6) is -1.36. The molecule has 0 aliphatic carbocycles. The fraction of sp³-hybridized carbons (Fsp3) is 0.250. The van der Waals surface area contributed by atoms with Crippen molar-refractivity contribution in [2.45, 2.75) is 12.7 Å². The van der Waals surface area contributed by atoms with Gasteiger partial charge in [0.15, 0.2) is 12.2 Å². The van der Waals surface area contributed by atoms with Crippen molar-refractivity contribution in [2.75, 3.05) is 7.05 Å². The van der Waals surface area contributed by atoms with Gasteiger partial charge in [-0.25, -0.2) is 9.37 Å². The van der Waals surface area contributed by atoms with Crippen molar-refractivity contribution >= 4 is 0 Å². The highest BCUT2D eigenvalue weighted by Gasteiger charge is 2.35. The van der Waals surface area contributed by atoms with Gasteiger partial charge in [-0.3, -0.25) is 0 Å². The van der Waals surface area contributed by atoms with Crippen molar-refractivity contribution in [3.63, 3.8) is 0 Å². The standard InChI is InChI=1S/C12H10F4N2O/c1-17-5-9-11(19-6-18-9)7-3-2-4-8(10(7)13)12(14,15)16/h2-4,6,17H,5H2,1H3. The molecule has 1 heterocycles. The van der Waals surface area contributed by atoms with Crippen LogP contribution < -0.4 is 5.32 Å². The monoisotopic (exact) mass is 274 g/mol. The average molecular weight is 274 g/mol. The molecule has 0 atom stereocenters. The lowest BCUT2D eigenvalue weighted by atomic mass is 10.1. The molecule has 2 rings (SSSR count). The highest BCUT2D eigenvalue weighted by Crippen LogP contribution is 2.36. The van der Waals surface area contributed by atoms with E-state index in [1.807, 2.05) is 0 Å². The Kier molecular flexibility index (Phi) is 3.57. The van der Waals surface area contributed by atoms with E-state index in [9.17, 15) is 17.6 Å². The molecule has 0 aliphatic heterocycles. The number of oxazole rings is 1. The zero-order chi connectivity index (χ0) is 14.0. The summed E-state index contributed by atoms with van der Waals surface area (Å²) in [5.41, 5.74) is -1.23. The van der Waals surface area contributed by atoms with Crippen LogP contribution in [-0.4, -0.2) is 12.0 Å². The first-order valence-corrected chi connectivity index (χ1v) is 5.38. The number of hydrogen-bond acceptors (Lipinski definition) is 3. The van der Waals surface area contributed by atoms with E-state index < -0.39 is 17.6 Å². The molecule has 7 heteroatoms. The molecule has 0 unspecified atom stereocenters. The van der Waals surface area contributed by atoms with E-state index in [1.165, 1.54) is 6.07 Å². The Bertz CT molecular complexity index is 577. The second-order valence-corrected chi connectivity index (χ2v) is 3.82. The summed E-state index contributed by atoms with van der Waals surface area (Å²) < 4.78 is 56.8. The first kappa shape index (κ1) is 13.5. The molecule has 0 aliphatic rings. The average Bonchev–Trinajstić information content (AvgIpc) is 2.76. The van der Waals surface area contributed by atoms with E-state index in [4.69, 9.17) is 4.42 Å². The third kappa shape index (κ3) is 2.60. The number of nitrogens with zero attached hydrogens (tertiary/aromatic N) is 1. The van der Waals surface area contributed by atoms with Gasteiger partial charge >= 0.3 is 6.18 Å². The molecule has 0 fully saturated rings. The number of aromatic nitrogens is 1. The molecule has 0 amide bonds. The largest absolute Gasteiger partial charge is 0.443 e. The van der Waals surface area contributed by atoms with Crippen LogP contribution in [0.25, 0.3) is 11.3 Å². The van der Waals surface area contributed by atoms with Gasteiger partial charge in [-0.15, -0.1) is 0 Å². The number of hydrogen-bond donors (Lipinski definition) is 1. The van der Waals surface area contributed by atoms with Gasteiger partial charge in [0.25, 0.3) is 0 Å². The van der Waals surface area contributed by atoms with Crippen LogP contribution in [0, 0.1) is 5.82 Å². The molecule has 0 saturated heterocycles. The van der Waals surface area contributed by atoms with Gasteiger partial charge < -0.3 is 9.73 Å². The minimum absolute atomic E-state index is 0.00190. The van der Waals surface area contributed by atoms with Gasteiger partial charge in [-0.1, -0.05) is 6.07 Å². The Labute approximate surface area is 106 Å². The summed E-state index contributed by atoms with van der Waals surface area (Å²) in [7, 11) is 1.64. The molecule has 0 radical (unpaired) electrons. The number of alkyl halides is 3. The van der Waals surface area contributed by atoms with Crippen molar-refractivity contribution in [1.82, 2.24) is 10.3 Å². The third-order valence-electron chi connectivity index (χ3n) is 2.53. The predicted molar refractivity (Wildman–Crippen MR) is 59.7 cm³/mol. The molecule has 0 saturated carbocycles. The lowest BCUT2D eigenvalue weighted by Gasteiger charge is -2.10. The second-order valence-electron chi connectivity index (χ2n) is 3.82. The molecule has 0 spiro atoms. The van der Waals surface area contributed by atoms with Crippen LogP contribution in [0.3, 0.4) is 0 Å². The molecule has 3 nitrogen and oxygen atoms in total. The predicted octanol–water partition coefficient (Wildman–Crippen LogP) is 3.22. The van der Waals surface area contributed by atoms with Crippen molar-refractivity contribution in [3.05, 3.63) is 41.7 Å². The van der Waals surface area contributed by atoms with Gasteiger partial charge in [-0.2, -0.15) is 13.2 Å². The van der Waals surface area contributed by atoms with Crippen LogP contribution in [0.2, 0.25) is 0 Å². The first-order valence-electron chi connectivity index (χ1n) is 5.38. The summed E-state index contributed by atoms with van der Waals surface area (Å²) in [4.78, 5) is 3.84. The number of nitrogens with one attached hydrogen (secondary N) is 1. The molecular weight excluding hydrogens is 264 g/mol. The van der Waals surface area contributed by atoms with E-state index in [0.717, 1.165) is 12.5 Å². The summed E-state index contributed by atoms with van der Waals surface area (Å²) in [5, 5.41) is 2.78. The van der Waals surface area contributed by atoms with E-state index in [0.29, 0.717) is 11.8 Å². The summed E-state index contributed by atoms with van der Waals surface area (Å²) in [6.45, 7) is 0.265. The maximum atomic E-state index is 13.9. The lowest BCUT2D eigenvalue weighted by Crippen LogP contribution is -2.10. The molecule has 1 aromatic carbocycles. The highest BCUT2D eigenvalue weighted by molar-refractivity contribution is 5.62. The van der Waals surface area contributed by atoms with Crippen LogP contribution in [0.1, 0.15) is 11.3 Å². The molecule has 19 heavy (non-hydrogen) atoms. The summed E-state index contributed by atoms with van der Waals surface area (Å²) in [6, 6.07) is 3.05. The molecular formula is C12H10F4N2O. The fourth-order valence-electron chi connectivity index (χ4n) is 1.71. The zero-order valence-corrected chi connectivity index (χ0v) is 9.88. The van der Waals surface area contributed by atoms with Crippen LogP contribution >= 0.6 is 0 Å². The van der Waals surface area contributed by atoms with Crippen LogP contribution in [0.15, 0.2) is 29.0 Å². The van der Waals surface area contributed by atoms with E-state index >= 15 is 0 Å². The maximum absolute atomic E-state index is 13.9. The Morgan fingerprint density at radius 1 is 1.32 bits per heavy atom. The van der Waals surface area contributed by atoms with E-state index in [1.54, 1.807) is 7.05 Å². The third-order valence-corrected chi connectivity index (χ3v) is 2.53. The number of benzene rings is 1. The van der Waals surface area contributed by atoms with Crippen molar-refractivity contribution in [2.24, 2.45) is 0 Å². The molecule has 1 aromatic heterocycles. The van der Waals surface area contributed by atoms with Gasteiger partial charge in [0.2, 0.25) is 0 Å². The Morgan fingerprint density at radius 3 is 2.68 bits per heavy atom. The summed E-state index contributed by atoms with van der Waals surface area (Å²) >= 11 is 0. The number of halogens is 4. The Morgan fingerprint density at radius 2 is 2.05 bits per heavy atom. The van der Waals surface area contributed by atoms with Crippen molar-refractivity contribution < 1.29 is 22.0 Å². The van der Waals surface area contributed by atoms with Crippen LogP contribution in [0.4, 0.5) is 17.6 Å². The SMILES string of the molecule is CNCc1ncoc1-c1cccc(C(F)(F)F)c1F. The molecule has 2 aromatic rings. The molecule has 102 valence electrons. The topological polar surface area (TPSA) is 38.1 Å².